The minimum absolute atomic E-state index is 0.223. The van der Waals surface area contributed by atoms with Gasteiger partial charge in [-0.1, -0.05) is 0 Å². The second-order valence-corrected chi connectivity index (χ2v) is 3.65. The third kappa shape index (κ3) is 2.71. The maximum absolute atomic E-state index is 12.7. The monoisotopic (exact) mass is 245 g/mol. The molecule has 0 aliphatic carbocycles. The van der Waals surface area contributed by atoms with Gasteiger partial charge in [-0.2, -0.15) is 0 Å². The van der Waals surface area contributed by atoms with E-state index >= 15 is 0 Å². The molecule has 4 heteroatoms. The van der Waals surface area contributed by atoms with Gasteiger partial charge in [-0.25, -0.2) is 9.37 Å². The quantitative estimate of drug-likeness (QED) is 0.777. The zero-order chi connectivity index (χ0) is 13.0. The molecule has 1 aromatic heterocycles. The van der Waals surface area contributed by atoms with Gasteiger partial charge in [0.05, 0.1) is 12.8 Å². The zero-order valence-electron chi connectivity index (χ0n) is 9.89. The van der Waals surface area contributed by atoms with E-state index in [0.29, 0.717) is 17.9 Å². The van der Waals surface area contributed by atoms with Crippen LogP contribution in [0.4, 0.5) is 4.39 Å². The van der Waals surface area contributed by atoms with Crippen LogP contribution in [0.25, 0.3) is 0 Å². The SMILES string of the molecule is CCOc1ccc(C(=O)c2ccc(F)cn2)cc1. The van der Waals surface area contributed by atoms with Crippen LogP contribution in [0, 0.1) is 5.82 Å². The first-order valence-electron chi connectivity index (χ1n) is 5.60. The number of ketones is 1. The first kappa shape index (κ1) is 12.2. The van der Waals surface area contributed by atoms with Crippen LogP contribution in [0.2, 0.25) is 0 Å². The summed E-state index contributed by atoms with van der Waals surface area (Å²) >= 11 is 0. The van der Waals surface area contributed by atoms with Gasteiger partial charge in [-0.3, -0.25) is 4.79 Å². The number of nitrogens with zero attached hydrogens (tertiary/aromatic N) is 1. The molecule has 0 N–H and O–H groups in total. The Bertz CT molecular complexity index is 535. The summed E-state index contributed by atoms with van der Waals surface area (Å²) < 4.78 is 18.0. The van der Waals surface area contributed by atoms with Crippen molar-refractivity contribution in [3.63, 3.8) is 0 Å². The minimum Gasteiger partial charge on any atom is -0.494 e. The average Bonchev–Trinajstić information content (AvgIpc) is 2.40. The van der Waals surface area contributed by atoms with E-state index in [-0.39, 0.29) is 11.5 Å². The molecule has 0 radical (unpaired) electrons. The van der Waals surface area contributed by atoms with Gasteiger partial charge < -0.3 is 4.74 Å². The topological polar surface area (TPSA) is 39.2 Å². The highest BCUT2D eigenvalue weighted by molar-refractivity contribution is 6.07. The molecule has 0 fully saturated rings. The molecule has 2 rings (SSSR count). The number of carbonyl (C=O) groups is 1. The Kier molecular flexibility index (Phi) is 3.67. The number of rotatable bonds is 4. The second-order valence-electron chi connectivity index (χ2n) is 3.65. The maximum Gasteiger partial charge on any atom is 0.211 e. The van der Waals surface area contributed by atoms with Crippen molar-refractivity contribution in [2.24, 2.45) is 0 Å². The number of carbonyl (C=O) groups excluding carboxylic acids is 1. The van der Waals surface area contributed by atoms with Crippen LogP contribution in [0.15, 0.2) is 42.6 Å². The summed E-state index contributed by atoms with van der Waals surface area (Å²) in [6.07, 6.45) is 1.03. The maximum atomic E-state index is 12.7. The second kappa shape index (κ2) is 5.40. The van der Waals surface area contributed by atoms with E-state index < -0.39 is 5.82 Å². The number of hydrogen-bond acceptors (Lipinski definition) is 3. The Balaban J connectivity index is 2.20. The van der Waals surface area contributed by atoms with E-state index in [9.17, 15) is 9.18 Å². The molecular formula is C14H12FNO2. The van der Waals surface area contributed by atoms with Gasteiger partial charge in [-0.05, 0) is 43.3 Å². The summed E-state index contributed by atoms with van der Waals surface area (Å²) in [7, 11) is 0. The number of ether oxygens (including phenoxy) is 1. The van der Waals surface area contributed by atoms with Crippen molar-refractivity contribution in [2.75, 3.05) is 6.61 Å². The third-order valence-electron chi connectivity index (χ3n) is 2.39. The van der Waals surface area contributed by atoms with E-state index in [4.69, 9.17) is 4.74 Å². The molecule has 0 spiro atoms. The van der Waals surface area contributed by atoms with Crippen LogP contribution in [0.5, 0.6) is 5.75 Å². The van der Waals surface area contributed by atoms with Gasteiger partial charge in [0.25, 0.3) is 0 Å². The van der Waals surface area contributed by atoms with Gasteiger partial charge in [0.2, 0.25) is 5.78 Å². The Morgan fingerprint density at radius 2 is 1.94 bits per heavy atom. The van der Waals surface area contributed by atoms with Crippen molar-refractivity contribution in [3.8, 4) is 5.75 Å². The van der Waals surface area contributed by atoms with Crippen LogP contribution < -0.4 is 4.74 Å². The molecule has 0 saturated heterocycles. The normalized spacial score (nSPS) is 10.1. The molecule has 0 unspecified atom stereocenters. The molecule has 2 aromatic rings. The molecule has 92 valence electrons. The highest BCUT2D eigenvalue weighted by atomic mass is 19.1. The van der Waals surface area contributed by atoms with E-state index in [2.05, 4.69) is 4.98 Å². The van der Waals surface area contributed by atoms with Crippen molar-refractivity contribution in [1.29, 1.82) is 0 Å². The Hall–Kier alpha value is -2.23. The lowest BCUT2D eigenvalue weighted by molar-refractivity contribution is 0.103. The molecule has 0 amide bonds. The largest absolute Gasteiger partial charge is 0.494 e. The third-order valence-corrected chi connectivity index (χ3v) is 2.39. The summed E-state index contributed by atoms with van der Waals surface area (Å²) in [5, 5.41) is 0. The number of halogens is 1. The highest BCUT2D eigenvalue weighted by Crippen LogP contribution is 2.14. The minimum atomic E-state index is -0.460. The lowest BCUT2D eigenvalue weighted by Crippen LogP contribution is -2.04. The fourth-order valence-corrected chi connectivity index (χ4v) is 1.53. The van der Waals surface area contributed by atoms with Gasteiger partial charge in [0.1, 0.15) is 17.3 Å². The van der Waals surface area contributed by atoms with Crippen LogP contribution in [-0.2, 0) is 0 Å². The first-order valence-corrected chi connectivity index (χ1v) is 5.60. The Morgan fingerprint density at radius 1 is 1.22 bits per heavy atom. The predicted octanol–water partition coefficient (Wildman–Crippen LogP) is 2.85. The van der Waals surface area contributed by atoms with E-state index in [1.807, 2.05) is 6.92 Å². The lowest BCUT2D eigenvalue weighted by Gasteiger charge is -2.04. The average molecular weight is 245 g/mol. The smallest absolute Gasteiger partial charge is 0.211 e. The van der Waals surface area contributed by atoms with Crippen molar-refractivity contribution in [2.45, 2.75) is 6.92 Å². The van der Waals surface area contributed by atoms with Gasteiger partial charge >= 0.3 is 0 Å². The van der Waals surface area contributed by atoms with E-state index in [1.165, 1.54) is 12.1 Å². The zero-order valence-corrected chi connectivity index (χ0v) is 9.89. The van der Waals surface area contributed by atoms with Crippen molar-refractivity contribution in [3.05, 3.63) is 59.7 Å². The molecule has 0 atom stereocenters. The molecule has 1 heterocycles. The van der Waals surface area contributed by atoms with E-state index in [0.717, 1.165) is 6.20 Å². The number of benzene rings is 1. The van der Waals surface area contributed by atoms with Crippen LogP contribution in [-0.4, -0.2) is 17.4 Å². The molecule has 18 heavy (non-hydrogen) atoms. The van der Waals surface area contributed by atoms with Crippen molar-refractivity contribution in [1.82, 2.24) is 4.98 Å². The fourth-order valence-electron chi connectivity index (χ4n) is 1.53. The Labute approximate surface area is 104 Å². The lowest BCUT2D eigenvalue weighted by atomic mass is 10.1. The summed E-state index contributed by atoms with van der Waals surface area (Å²) in [5.74, 6) is 0.0115. The summed E-state index contributed by atoms with van der Waals surface area (Å²) in [6.45, 7) is 2.47. The molecule has 0 aliphatic rings. The molecule has 0 bridgehead atoms. The first-order chi connectivity index (χ1) is 8.70. The molecule has 1 aromatic carbocycles. The van der Waals surface area contributed by atoms with Crippen LogP contribution in [0.3, 0.4) is 0 Å². The van der Waals surface area contributed by atoms with E-state index in [1.54, 1.807) is 24.3 Å². The number of aromatic nitrogens is 1. The Morgan fingerprint density at radius 3 is 2.50 bits per heavy atom. The number of pyridine rings is 1. The highest BCUT2D eigenvalue weighted by Gasteiger charge is 2.10. The molecular weight excluding hydrogens is 233 g/mol. The summed E-state index contributed by atoms with van der Waals surface area (Å²) in [4.78, 5) is 15.8. The van der Waals surface area contributed by atoms with Gasteiger partial charge in [-0.15, -0.1) is 0 Å². The van der Waals surface area contributed by atoms with Crippen LogP contribution >= 0.6 is 0 Å². The van der Waals surface area contributed by atoms with Gasteiger partial charge in [0, 0.05) is 5.56 Å². The summed E-state index contributed by atoms with van der Waals surface area (Å²) in [6, 6.07) is 9.36. The molecule has 0 saturated carbocycles. The predicted molar refractivity (Wildman–Crippen MR) is 65.2 cm³/mol. The molecule has 3 nitrogen and oxygen atoms in total. The number of hydrogen-bond donors (Lipinski definition) is 0. The van der Waals surface area contributed by atoms with Crippen molar-refractivity contribution < 1.29 is 13.9 Å². The van der Waals surface area contributed by atoms with Crippen molar-refractivity contribution >= 4 is 5.78 Å². The molecule has 0 aliphatic heterocycles. The standard InChI is InChI=1S/C14H12FNO2/c1-2-18-12-6-3-10(4-7-12)14(17)13-8-5-11(15)9-16-13/h3-9H,2H2,1H3. The summed E-state index contributed by atoms with van der Waals surface area (Å²) in [5.41, 5.74) is 0.720. The van der Waals surface area contributed by atoms with Crippen LogP contribution in [0.1, 0.15) is 23.0 Å². The van der Waals surface area contributed by atoms with Gasteiger partial charge in [0.15, 0.2) is 0 Å². The fraction of sp³-hybridized carbons (Fsp3) is 0.143.